The highest BCUT2D eigenvalue weighted by Crippen LogP contribution is 2.13. The largest absolute Gasteiger partial charge is 0.378 e. The minimum Gasteiger partial charge on any atom is -0.378 e. The SMILES string of the molecule is CCOC1CCN(CCN2CCNCC2)CC1. The maximum absolute atomic E-state index is 5.68. The fourth-order valence-electron chi connectivity index (χ4n) is 2.75. The predicted molar refractivity (Wildman–Crippen MR) is 70.4 cm³/mol. The maximum atomic E-state index is 5.68. The molecule has 2 aliphatic rings. The Labute approximate surface area is 105 Å². The van der Waals surface area contributed by atoms with Crippen molar-refractivity contribution in [1.82, 2.24) is 15.1 Å². The minimum atomic E-state index is 0.524. The summed E-state index contributed by atoms with van der Waals surface area (Å²) in [4.78, 5) is 5.17. The Morgan fingerprint density at radius 2 is 1.59 bits per heavy atom. The first-order valence-corrected chi connectivity index (χ1v) is 7.15. The van der Waals surface area contributed by atoms with Crippen LogP contribution in [0.5, 0.6) is 0 Å². The van der Waals surface area contributed by atoms with Crippen molar-refractivity contribution in [3.8, 4) is 0 Å². The van der Waals surface area contributed by atoms with Crippen molar-refractivity contribution in [1.29, 1.82) is 0 Å². The molecular weight excluding hydrogens is 214 g/mol. The number of hydrogen-bond acceptors (Lipinski definition) is 4. The van der Waals surface area contributed by atoms with Gasteiger partial charge in [0.15, 0.2) is 0 Å². The number of hydrogen-bond donors (Lipinski definition) is 1. The van der Waals surface area contributed by atoms with Crippen LogP contribution in [0, 0.1) is 0 Å². The zero-order chi connectivity index (χ0) is 11.9. The van der Waals surface area contributed by atoms with Crippen LogP contribution in [0.3, 0.4) is 0 Å². The lowest BCUT2D eigenvalue weighted by Gasteiger charge is -2.34. The average molecular weight is 241 g/mol. The lowest BCUT2D eigenvalue weighted by Crippen LogP contribution is -2.47. The molecule has 0 atom stereocenters. The molecule has 2 saturated heterocycles. The fourth-order valence-corrected chi connectivity index (χ4v) is 2.75. The first-order valence-electron chi connectivity index (χ1n) is 7.15. The molecule has 0 aliphatic carbocycles. The van der Waals surface area contributed by atoms with Gasteiger partial charge in [0.1, 0.15) is 0 Å². The van der Waals surface area contributed by atoms with Crippen LogP contribution in [-0.2, 0) is 4.74 Å². The lowest BCUT2D eigenvalue weighted by molar-refractivity contribution is 0.0122. The molecule has 2 heterocycles. The highest BCUT2D eigenvalue weighted by molar-refractivity contribution is 4.75. The second kappa shape index (κ2) is 7.31. The molecule has 0 amide bonds. The molecule has 17 heavy (non-hydrogen) atoms. The quantitative estimate of drug-likeness (QED) is 0.754. The molecule has 0 bridgehead atoms. The zero-order valence-electron chi connectivity index (χ0n) is 11.2. The van der Waals surface area contributed by atoms with E-state index in [-0.39, 0.29) is 0 Å². The molecule has 0 aromatic heterocycles. The molecule has 2 rings (SSSR count). The lowest BCUT2D eigenvalue weighted by atomic mass is 10.1. The Morgan fingerprint density at radius 3 is 2.18 bits per heavy atom. The van der Waals surface area contributed by atoms with Crippen LogP contribution < -0.4 is 5.32 Å². The molecule has 2 aliphatic heterocycles. The molecule has 1 N–H and O–H groups in total. The Balaban J connectivity index is 1.57. The summed E-state index contributed by atoms with van der Waals surface area (Å²) < 4.78 is 5.68. The van der Waals surface area contributed by atoms with Crippen molar-refractivity contribution in [2.24, 2.45) is 0 Å². The van der Waals surface area contributed by atoms with Gasteiger partial charge < -0.3 is 15.0 Å². The first kappa shape index (κ1) is 13.3. The first-order chi connectivity index (χ1) is 8.38. The molecule has 0 aromatic rings. The highest BCUT2D eigenvalue weighted by Gasteiger charge is 2.19. The van der Waals surface area contributed by atoms with Crippen molar-refractivity contribution < 1.29 is 4.74 Å². The average Bonchev–Trinajstić information content (AvgIpc) is 2.40. The predicted octanol–water partition coefficient (Wildman–Crippen LogP) is 0.393. The Bertz CT molecular complexity index is 199. The van der Waals surface area contributed by atoms with Gasteiger partial charge in [0.05, 0.1) is 6.10 Å². The van der Waals surface area contributed by atoms with E-state index in [9.17, 15) is 0 Å². The molecule has 0 spiro atoms. The number of piperazine rings is 1. The van der Waals surface area contributed by atoms with E-state index in [0.29, 0.717) is 6.10 Å². The van der Waals surface area contributed by atoms with Gasteiger partial charge in [-0.05, 0) is 19.8 Å². The fraction of sp³-hybridized carbons (Fsp3) is 1.00. The van der Waals surface area contributed by atoms with E-state index in [0.717, 1.165) is 19.7 Å². The van der Waals surface area contributed by atoms with E-state index in [1.54, 1.807) is 0 Å². The van der Waals surface area contributed by atoms with Crippen molar-refractivity contribution in [2.75, 3.05) is 59.0 Å². The number of likely N-dealkylation sites (tertiary alicyclic amines) is 1. The van der Waals surface area contributed by atoms with Gasteiger partial charge in [-0.2, -0.15) is 0 Å². The standard InChI is InChI=1S/C13H27N3O/c1-2-17-13-3-7-15(8-4-13)11-12-16-9-5-14-6-10-16/h13-14H,2-12H2,1H3. The normalized spacial score (nSPS) is 25.2. The molecule has 4 nitrogen and oxygen atoms in total. The molecule has 0 saturated carbocycles. The summed E-state index contributed by atoms with van der Waals surface area (Å²) in [6.07, 6.45) is 2.96. The summed E-state index contributed by atoms with van der Waals surface area (Å²) in [7, 11) is 0. The summed E-state index contributed by atoms with van der Waals surface area (Å²) in [5.74, 6) is 0. The van der Waals surface area contributed by atoms with Gasteiger partial charge in [-0.3, -0.25) is 4.90 Å². The summed E-state index contributed by atoms with van der Waals surface area (Å²) in [5.41, 5.74) is 0. The van der Waals surface area contributed by atoms with Crippen LogP contribution in [0.15, 0.2) is 0 Å². The van der Waals surface area contributed by atoms with Gasteiger partial charge in [0, 0.05) is 59.0 Å². The third-order valence-electron chi connectivity index (χ3n) is 3.88. The molecule has 0 aromatic carbocycles. The van der Waals surface area contributed by atoms with Gasteiger partial charge in [0.25, 0.3) is 0 Å². The van der Waals surface area contributed by atoms with Crippen molar-refractivity contribution in [3.05, 3.63) is 0 Å². The molecule has 0 unspecified atom stereocenters. The second-order valence-corrected chi connectivity index (χ2v) is 5.09. The van der Waals surface area contributed by atoms with E-state index in [1.165, 1.54) is 52.1 Å². The number of piperidine rings is 1. The monoisotopic (exact) mass is 241 g/mol. The van der Waals surface area contributed by atoms with Crippen molar-refractivity contribution >= 4 is 0 Å². The summed E-state index contributed by atoms with van der Waals surface area (Å²) in [6, 6.07) is 0. The van der Waals surface area contributed by atoms with Crippen LogP contribution >= 0.6 is 0 Å². The molecule has 4 heteroatoms. The van der Waals surface area contributed by atoms with Crippen LogP contribution in [0.4, 0.5) is 0 Å². The Morgan fingerprint density at radius 1 is 1.00 bits per heavy atom. The summed E-state index contributed by atoms with van der Waals surface area (Å²) in [6.45, 7) is 12.6. The van der Waals surface area contributed by atoms with Gasteiger partial charge in [0.2, 0.25) is 0 Å². The second-order valence-electron chi connectivity index (χ2n) is 5.09. The molecular formula is C13H27N3O. The highest BCUT2D eigenvalue weighted by atomic mass is 16.5. The van der Waals surface area contributed by atoms with Crippen LogP contribution in [0.2, 0.25) is 0 Å². The van der Waals surface area contributed by atoms with Gasteiger partial charge in [-0.15, -0.1) is 0 Å². The summed E-state index contributed by atoms with van der Waals surface area (Å²) >= 11 is 0. The minimum absolute atomic E-state index is 0.524. The number of rotatable bonds is 5. The van der Waals surface area contributed by atoms with E-state index in [1.807, 2.05) is 0 Å². The summed E-state index contributed by atoms with van der Waals surface area (Å²) in [5, 5.41) is 3.40. The van der Waals surface area contributed by atoms with Crippen LogP contribution in [0.1, 0.15) is 19.8 Å². The third kappa shape index (κ3) is 4.54. The van der Waals surface area contributed by atoms with Gasteiger partial charge in [-0.1, -0.05) is 0 Å². The van der Waals surface area contributed by atoms with Gasteiger partial charge in [-0.25, -0.2) is 0 Å². The Kier molecular flexibility index (Phi) is 5.71. The van der Waals surface area contributed by atoms with E-state index >= 15 is 0 Å². The smallest absolute Gasteiger partial charge is 0.0599 e. The number of ether oxygens (including phenoxy) is 1. The van der Waals surface area contributed by atoms with E-state index < -0.39 is 0 Å². The van der Waals surface area contributed by atoms with Gasteiger partial charge >= 0.3 is 0 Å². The van der Waals surface area contributed by atoms with Crippen LogP contribution in [0.25, 0.3) is 0 Å². The Hall–Kier alpha value is -0.160. The molecule has 2 fully saturated rings. The third-order valence-corrected chi connectivity index (χ3v) is 3.88. The molecule has 0 radical (unpaired) electrons. The van der Waals surface area contributed by atoms with Crippen LogP contribution in [-0.4, -0.2) is 74.9 Å². The topological polar surface area (TPSA) is 27.7 Å². The van der Waals surface area contributed by atoms with E-state index in [2.05, 4.69) is 22.0 Å². The number of nitrogens with one attached hydrogen (secondary N) is 1. The maximum Gasteiger partial charge on any atom is 0.0599 e. The van der Waals surface area contributed by atoms with Crippen molar-refractivity contribution in [3.63, 3.8) is 0 Å². The van der Waals surface area contributed by atoms with E-state index in [4.69, 9.17) is 4.74 Å². The number of nitrogens with zero attached hydrogens (tertiary/aromatic N) is 2. The molecule has 100 valence electrons. The zero-order valence-corrected chi connectivity index (χ0v) is 11.2. The van der Waals surface area contributed by atoms with Crippen molar-refractivity contribution in [2.45, 2.75) is 25.9 Å².